The smallest absolute Gasteiger partial charge is 0.222 e. The monoisotopic (exact) mass is 228 g/mol. The lowest BCUT2D eigenvalue weighted by Gasteiger charge is -2.27. The normalized spacial score (nSPS) is 12.9. The van der Waals surface area contributed by atoms with Crippen LogP contribution in [0.3, 0.4) is 0 Å². The van der Waals surface area contributed by atoms with E-state index in [2.05, 4.69) is 20.8 Å². The Morgan fingerprint density at radius 2 is 1.88 bits per heavy atom. The number of amides is 1. The van der Waals surface area contributed by atoms with Crippen LogP contribution in [0.25, 0.3) is 0 Å². The summed E-state index contributed by atoms with van der Waals surface area (Å²) >= 11 is 0. The van der Waals surface area contributed by atoms with Gasteiger partial charge in [-0.25, -0.2) is 0 Å². The first-order valence-electron chi connectivity index (χ1n) is 6.54. The number of carbonyl (C=O) groups excluding carboxylic acids is 1. The molecule has 0 aromatic heterocycles. The van der Waals surface area contributed by atoms with E-state index in [0.29, 0.717) is 12.5 Å². The summed E-state index contributed by atoms with van der Waals surface area (Å²) in [4.78, 5) is 13.9. The van der Waals surface area contributed by atoms with Crippen LogP contribution < -0.4 is 5.73 Å². The van der Waals surface area contributed by atoms with E-state index < -0.39 is 0 Å². The molecule has 0 saturated heterocycles. The second-order valence-electron chi connectivity index (χ2n) is 4.90. The number of hydrogen-bond acceptors (Lipinski definition) is 2. The molecule has 0 aliphatic heterocycles. The number of hydrogen-bond donors (Lipinski definition) is 1. The van der Waals surface area contributed by atoms with Crippen LogP contribution in [0.1, 0.15) is 59.8 Å². The topological polar surface area (TPSA) is 46.3 Å². The zero-order valence-electron chi connectivity index (χ0n) is 11.3. The molecule has 0 aromatic rings. The highest BCUT2D eigenvalue weighted by atomic mass is 16.2. The quantitative estimate of drug-likeness (QED) is 0.649. The van der Waals surface area contributed by atoms with Gasteiger partial charge in [0.1, 0.15) is 0 Å². The molecule has 0 rings (SSSR count). The largest absolute Gasteiger partial charge is 0.340 e. The van der Waals surface area contributed by atoms with Crippen LogP contribution in [0.4, 0.5) is 0 Å². The summed E-state index contributed by atoms with van der Waals surface area (Å²) < 4.78 is 0. The van der Waals surface area contributed by atoms with Gasteiger partial charge in [0.2, 0.25) is 5.91 Å². The average Bonchev–Trinajstić information content (AvgIpc) is 2.20. The summed E-state index contributed by atoms with van der Waals surface area (Å²) in [6.45, 7) is 9.18. The van der Waals surface area contributed by atoms with E-state index in [1.165, 1.54) is 12.8 Å². The Labute approximate surface area is 100 Å². The number of rotatable bonds is 8. The van der Waals surface area contributed by atoms with Crippen molar-refractivity contribution in [1.82, 2.24) is 4.90 Å². The number of carbonyl (C=O) groups is 1. The molecule has 0 aliphatic rings. The van der Waals surface area contributed by atoms with Crippen molar-refractivity contribution in [3.05, 3.63) is 0 Å². The average molecular weight is 228 g/mol. The van der Waals surface area contributed by atoms with Gasteiger partial charge < -0.3 is 10.6 Å². The zero-order chi connectivity index (χ0) is 12.6. The predicted molar refractivity (Wildman–Crippen MR) is 69.3 cm³/mol. The highest BCUT2D eigenvalue weighted by molar-refractivity contribution is 5.76. The summed E-state index contributed by atoms with van der Waals surface area (Å²) in [6.07, 6.45) is 4.88. The Bertz CT molecular complexity index is 190. The molecule has 1 atom stereocenters. The lowest BCUT2D eigenvalue weighted by atomic mass is 10.1. The molecule has 0 heterocycles. The Balaban J connectivity index is 4.03. The molecule has 0 aromatic carbocycles. The Hall–Kier alpha value is -0.570. The number of nitrogens with zero attached hydrogens (tertiary/aromatic N) is 1. The Kier molecular flexibility index (Phi) is 8.26. The van der Waals surface area contributed by atoms with E-state index in [9.17, 15) is 4.79 Å². The van der Waals surface area contributed by atoms with Crippen LogP contribution in [0.15, 0.2) is 0 Å². The van der Waals surface area contributed by atoms with Crippen molar-refractivity contribution < 1.29 is 4.79 Å². The predicted octanol–water partition coefficient (Wildman–Crippen LogP) is 2.54. The highest BCUT2D eigenvalue weighted by Crippen LogP contribution is 2.07. The first kappa shape index (κ1) is 15.4. The second-order valence-corrected chi connectivity index (χ2v) is 4.90. The molecule has 0 spiro atoms. The maximum absolute atomic E-state index is 12.0. The molecule has 0 fully saturated rings. The van der Waals surface area contributed by atoms with Gasteiger partial charge in [-0.2, -0.15) is 0 Å². The molecule has 0 saturated carbocycles. The van der Waals surface area contributed by atoms with Crippen LogP contribution in [-0.2, 0) is 4.79 Å². The first-order chi connectivity index (χ1) is 7.49. The fourth-order valence-electron chi connectivity index (χ4n) is 1.70. The molecule has 1 unspecified atom stereocenters. The molecule has 3 heteroatoms. The van der Waals surface area contributed by atoms with E-state index in [1.54, 1.807) is 0 Å². The van der Waals surface area contributed by atoms with Gasteiger partial charge in [0.25, 0.3) is 0 Å². The van der Waals surface area contributed by atoms with Crippen molar-refractivity contribution in [1.29, 1.82) is 0 Å². The molecule has 96 valence electrons. The summed E-state index contributed by atoms with van der Waals surface area (Å²) in [5, 5.41) is 0. The third-order valence-corrected chi connectivity index (χ3v) is 2.76. The van der Waals surface area contributed by atoms with E-state index in [0.717, 1.165) is 19.4 Å². The van der Waals surface area contributed by atoms with Gasteiger partial charge in [-0.3, -0.25) is 4.79 Å². The van der Waals surface area contributed by atoms with Gasteiger partial charge in [-0.1, -0.05) is 19.8 Å². The van der Waals surface area contributed by atoms with Crippen molar-refractivity contribution in [3.63, 3.8) is 0 Å². The van der Waals surface area contributed by atoms with Crippen molar-refractivity contribution in [2.45, 2.75) is 71.9 Å². The zero-order valence-corrected chi connectivity index (χ0v) is 11.3. The molecular weight excluding hydrogens is 200 g/mol. The third kappa shape index (κ3) is 6.83. The molecule has 3 nitrogen and oxygen atoms in total. The van der Waals surface area contributed by atoms with Gasteiger partial charge in [-0.15, -0.1) is 0 Å². The summed E-state index contributed by atoms with van der Waals surface area (Å²) in [5.74, 6) is 0.253. The van der Waals surface area contributed by atoms with E-state index in [4.69, 9.17) is 5.73 Å². The fraction of sp³-hybridized carbons (Fsp3) is 0.923. The standard InChI is InChI=1S/C13H28N2O/c1-5-6-7-10-15(11(2)3)13(16)9-8-12(4)14/h11-12H,5-10,14H2,1-4H3. The first-order valence-corrected chi connectivity index (χ1v) is 6.54. The molecule has 0 bridgehead atoms. The molecule has 1 amide bonds. The molecule has 0 aliphatic carbocycles. The van der Waals surface area contributed by atoms with Crippen molar-refractivity contribution in [2.75, 3.05) is 6.54 Å². The van der Waals surface area contributed by atoms with Crippen LogP contribution in [0, 0.1) is 0 Å². The van der Waals surface area contributed by atoms with Gasteiger partial charge in [0, 0.05) is 25.0 Å². The Morgan fingerprint density at radius 3 is 2.31 bits per heavy atom. The van der Waals surface area contributed by atoms with Crippen molar-refractivity contribution >= 4 is 5.91 Å². The minimum Gasteiger partial charge on any atom is -0.340 e. The highest BCUT2D eigenvalue weighted by Gasteiger charge is 2.16. The lowest BCUT2D eigenvalue weighted by molar-refractivity contribution is -0.133. The van der Waals surface area contributed by atoms with Gasteiger partial charge in [0.15, 0.2) is 0 Å². The fourth-order valence-corrected chi connectivity index (χ4v) is 1.70. The molecule has 16 heavy (non-hydrogen) atoms. The minimum absolute atomic E-state index is 0.119. The number of unbranched alkanes of at least 4 members (excludes halogenated alkanes) is 2. The molecular formula is C13H28N2O. The number of nitrogens with two attached hydrogens (primary N) is 1. The van der Waals surface area contributed by atoms with Gasteiger partial charge in [-0.05, 0) is 33.6 Å². The summed E-state index contributed by atoms with van der Waals surface area (Å²) in [5.41, 5.74) is 5.67. The lowest BCUT2D eigenvalue weighted by Crippen LogP contribution is -2.38. The second kappa shape index (κ2) is 8.57. The maximum atomic E-state index is 12.0. The summed E-state index contributed by atoms with van der Waals surface area (Å²) in [7, 11) is 0. The van der Waals surface area contributed by atoms with Crippen molar-refractivity contribution in [3.8, 4) is 0 Å². The third-order valence-electron chi connectivity index (χ3n) is 2.76. The maximum Gasteiger partial charge on any atom is 0.222 e. The van der Waals surface area contributed by atoms with Crippen LogP contribution in [-0.4, -0.2) is 29.4 Å². The van der Waals surface area contributed by atoms with E-state index in [1.807, 2.05) is 11.8 Å². The van der Waals surface area contributed by atoms with E-state index in [-0.39, 0.29) is 11.9 Å². The molecule has 2 N–H and O–H groups in total. The molecule has 0 radical (unpaired) electrons. The van der Waals surface area contributed by atoms with Gasteiger partial charge >= 0.3 is 0 Å². The van der Waals surface area contributed by atoms with Crippen LogP contribution >= 0.6 is 0 Å². The summed E-state index contributed by atoms with van der Waals surface area (Å²) in [6, 6.07) is 0.422. The van der Waals surface area contributed by atoms with E-state index >= 15 is 0 Å². The van der Waals surface area contributed by atoms with Crippen molar-refractivity contribution in [2.24, 2.45) is 5.73 Å². The minimum atomic E-state index is 0.119. The van der Waals surface area contributed by atoms with Crippen LogP contribution in [0.2, 0.25) is 0 Å². The Morgan fingerprint density at radius 1 is 1.25 bits per heavy atom. The van der Waals surface area contributed by atoms with Gasteiger partial charge in [0.05, 0.1) is 0 Å². The van der Waals surface area contributed by atoms with Crippen LogP contribution in [0.5, 0.6) is 0 Å². The SMILES string of the molecule is CCCCCN(C(=O)CCC(C)N)C(C)C.